The number of hydrogen-bond acceptors (Lipinski definition) is 4. The molecule has 0 aliphatic carbocycles. The zero-order chi connectivity index (χ0) is 21.6. The number of carbonyl (C=O) groups excluding carboxylic acids is 1. The van der Waals surface area contributed by atoms with Gasteiger partial charge in [-0.25, -0.2) is 13.8 Å². The van der Waals surface area contributed by atoms with Crippen LogP contribution in [0.15, 0.2) is 88.9 Å². The van der Waals surface area contributed by atoms with Crippen LogP contribution in [-0.2, 0) is 14.8 Å². The first-order chi connectivity index (χ1) is 14.4. The molecule has 0 aliphatic rings. The van der Waals surface area contributed by atoms with Crippen molar-refractivity contribution in [1.82, 2.24) is 5.43 Å². The molecule has 154 valence electrons. The number of anilines is 1. The third-order valence-electron chi connectivity index (χ3n) is 4.24. The van der Waals surface area contributed by atoms with Crippen LogP contribution in [0.5, 0.6) is 0 Å². The number of hydrogen-bond donors (Lipinski definition) is 1. The van der Waals surface area contributed by atoms with Crippen LogP contribution < -0.4 is 9.73 Å². The molecule has 3 rings (SSSR count). The zero-order valence-electron chi connectivity index (χ0n) is 16.2. The first-order valence-corrected chi connectivity index (χ1v) is 10.9. The summed E-state index contributed by atoms with van der Waals surface area (Å²) in [6.45, 7) is 1.47. The molecule has 0 saturated heterocycles. The molecule has 0 aromatic heterocycles. The second kappa shape index (κ2) is 9.56. The van der Waals surface area contributed by atoms with Gasteiger partial charge in [0, 0.05) is 10.6 Å². The van der Waals surface area contributed by atoms with Gasteiger partial charge in [-0.05, 0) is 37.3 Å². The highest BCUT2D eigenvalue weighted by molar-refractivity contribution is 7.92. The fourth-order valence-electron chi connectivity index (χ4n) is 2.67. The number of benzene rings is 3. The molecule has 3 aromatic carbocycles. The zero-order valence-corrected chi connectivity index (χ0v) is 17.8. The van der Waals surface area contributed by atoms with Crippen molar-refractivity contribution in [2.45, 2.75) is 11.8 Å². The molecule has 3 aromatic rings. The van der Waals surface area contributed by atoms with Crippen LogP contribution in [-0.4, -0.2) is 27.1 Å². The summed E-state index contributed by atoms with van der Waals surface area (Å²) in [5, 5.41) is 4.38. The summed E-state index contributed by atoms with van der Waals surface area (Å²) in [4.78, 5) is 12.6. The van der Waals surface area contributed by atoms with E-state index in [0.29, 0.717) is 16.3 Å². The van der Waals surface area contributed by atoms with Gasteiger partial charge < -0.3 is 0 Å². The molecule has 0 unspecified atom stereocenters. The van der Waals surface area contributed by atoms with Gasteiger partial charge in [0.05, 0.1) is 16.8 Å². The molecule has 0 saturated carbocycles. The van der Waals surface area contributed by atoms with E-state index in [1.165, 1.54) is 18.3 Å². The van der Waals surface area contributed by atoms with Crippen molar-refractivity contribution in [1.29, 1.82) is 0 Å². The Hall–Kier alpha value is -3.16. The number of aryl methyl sites for hydroxylation is 1. The molecule has 6 nitrogen and oxygen atoms in total. The van der Waals surface area contributed by atoms with Crippen molar-refractivity contribution in [2.24, 2.45) is 5.10 Å². The molecule has 0 spiro atoms. The average Bonchev–Trinajstić information content (AvgIpc) is 2.75. The Bertz CT molecular complexity index is 1150. The maximum absolute atomic E-state index is 13.2. The molecule has 1 N–H and O–H groups in total. The smallest absolute Gasteiger partial charge is 0.264 e. The highest BCUT2D eigenvalue weighted by Gasteiger charge is 2.26. The van der Waals surface area contributed by atoms with E-state index in [1.54, 1.807) is 66.7 Å². The molecule has 8 heteroatoms. The van der Waals surface area contributed by atoms with Gasteiger partial charge in [0.25, 0.3) is 15.9 Å². The Balaban J connectivity index is 1.83. The lowest BCUT2D eigenvalue weighted by molar-refractivity contribution is -0.119. The van der Waals surface area contributed by atoms with E-state index in [-0.39, 0.29) is 4.90 Å². The summed E-state index contributed by atoms with van der Waals surface area (Å²) in [6, 6.07) is 21.9. The predicted molar refractivity (Wildman–Crippen MR) is 119 cm³/mol. The standard InChI is InChI=1S/C22H20ClN3O3S/c1-17-11-13-19(14-12-17)26(30(28,29)20-8-3-2-4-9-20)16-22(27)25-24-15-18-7-5-6-10-21(18)23/h2-15H,16H2,1H3,(H,25,27)/b24-15+. The minimum absolute atomic E-state index is 0.0953. The summed E-state index contributed by atoms with van der Waals surface area (Å²) >= 11 is 6.05. The van der Waals surface area contributed by atoms with Crippen molar-refractivity contribution >= 4 is 39.4 Å². The Morgan fingerprint density at radius 2 is 1.63 bits per heavy atom. The Kier molecular flexibility index (Phi) is 6.87. The van der Waals surface area contributed by atoms with Crippen LogP contribution in [0.2, 0.25) is 5.02 Å². The number of halogens is 1. The summed E-state index contributed by atoms with van der Waals surface area (Å²) in [5.74, 6) is -0.585. The fraction of sp³-hybridized carbons (Fsp3) is 0.0909. The Morgan fingerprint density at radius 3 is 2.30 bits per heavy atom. The van der Waals surface area contributed by atoms with Crippen molar-refractivity contribution in [2.75, 3.05) is 10.8 Å². The van der Waals surface area contributed by atoms with Crippen LogP contribution in [0.4, 0.5) is 5.69 Å². The van der Waals surface area contributed by atoms with Crippen LogP contribution in [0.3, 0.4) is 0 Å². The van der Waals surface area contributed by atoms with Gasteiger partial charge in [-0.3, -0.25) is 9.10 Å². The van der Waals surface area contributed by atoms with Crippen LogP contribution in [0.1, 0.15) is 11.1 Å². The highest BCUT2D eigenvalue weighted by Crippen LogP contribution is 2.23. The number of amides is 1. The number of nitrogens with zero attached hydrogens (tertiary/aromatic N) is 2. The molecular weight excluding hydrogens is 422 g/mol. The summed E-state index contributed by atoms with van der Waals surface area (Å²) in [7, 11) is -3.95. The maximum atomic E-state index is 13.2. The van der Waals surface area contributed by atoms with Gasteiger partial charge in [-0.1, -0.05) is 65.7 Å². The van der Waals surface area contributed by atoms with Gasteiger partial charge in [0.2, 0.25) is 0 Å². The van der Waals surface area contributed by atoms with Crippen LogP contribution in [0, 0.1) is 6.92 Å². The fourth-order valence-corrected chi connectivity index (χ4v) is 4.29. The third kappa shape index (κ3) is 5.25. The van der Waals surface area contributed by atoms with Gasteiger partial charge >= 0.3 is 0 Å². The van der Waals surface area contributed by atoms with E-state index in [1.807, 2.05) is 6.92 Å². The predicted octanol–water partition coefficient (Wildman–Crippen LogP) is 3.99. The van der Waals surface area contributed by atoms with Crippen LogP contribution >= 0.6 is 11.6 Å². The minimum Gasteiger partial charge on any atom is -0.271 e. The normalized spacial score (nSPS) is 11.4. The van der Waals surface area contributed by atoms with E-state index in [0.717, 1.165) is 9.87 Å². The van der Waals surface area contributed by atoms with E-state index in [4.69, 9.17) is 11.6 Å². The molecular formula is C22H20ClN3O3S. The van der Waals surface area contributed by atoms with Crippen molar-refractivity contribution < 1.29 is 13.2 Å². The molecule has 0 fully saturated rings. The van der Waals surface area contributed by atoms with E-state index in [9.17, 15) is 13.2 Å². The van der Waals surface area contributed by atoms with Crippen LogP contribution in [0.25, 0.3) is 0 Å². The first-order valence-electron chi connectivity index (χ1n) is 9.09. The summed E-state index contributed by atoms with van der Waals surface area (Å²) < 4.78 is 27.4. The van der Waals surface area contributed by atoms with E-state index < -0.39 is 22.5 Å². The monoisotopic (exact) mass is 441 g/mol. The first kappa shape index (κ1) is 21.5. The Labute approximate surface area is 180 Å². The Morgan fingerprint density at radius 1 is 1.00 bits per heavy atom. The number of rotatable bonds is 7. The number of hydrazone groups is 1. The number of nitrogens with one attached hydrogen (secondary N) is 1. The lowest BCUT2D eigenvalue weighted by Gasteiger charge is -2.23. The van der Waals surface area contributed by atoms with Gasteiger partial charge in [0.15, 0.2) is 0 Å². The van der Waals surface area contributed by atoms with Gasteiger partial charge in [-0.2, -0.15) is 5.10 Å². The molecule has 0 aliphatic heterocycles. The van der Waals surface area contributed by atoms with E-state index in [2.05, 4.69) is 10.5 Å². The maximum Gasteiger partial charge on any atom is 0.264 e. The average molecular weight is 442 g/mol. The van der Waals surface area contributed by atoms with E-state index >= 15 is 0 Å². The lowest BCUT2D eigenvalue weighted by Crippen LogP contribution is -2.39. The van der Waals surface area contributed by atoms with Gasteiger partial charge in [0.1, 0.15) is 6.54 Å². The molecule has 0 heterocycles. The topological polar surface area (TPSA) is 78.8 Å². The second-order valence-electron chi connectivity index (χ2n) is 6.47. The molecule has 0 atom stereocenters. The lowest BCUT2D eigenvalue weighted by atomic mass is 10.2. The molecule has 1 amide bonds. The number of sulfonamides is 1. The quantitative estimate of drug-likeness (QED) is 0.444. The number of carbonyl (C=O) groups is 1. The summed E-state index contributed by atoms with van der Waals surface area (Å²) in [5.41, 5.74) is 4.35. The second-order valence-corrected chi connectivity index (χ2v) is 8.74. The molecule has 0 radical (unpaired) electrons. The van der Waals surface area contributed by atoms with Crippen molar-refractivity contribution in [3.05, 3.63) is 95.0 Å². The van der Waals surface area contributed by atoms with Crippen molar-refractivity contribution in [3.8, 4) is 0 Å². The van der Waals surface area contributed by atoms with Crippen molar-refractivity contribution in [3.63, 3.8) is 0 Å². The summed E-state index contributed by atoms with van der Waals surface area (Å²) in [6.07, 6.45) is 1.40. The molecule has 0 bridgehead atoms. The SMILES string of the molecule is Cc1ccc(N(CC(=O)N/N=C/c2ccccc2Cl)S(=O)(=O)c2ccccc2)cc1. The third-order valence-corrected chi connectivity index (χ3v) is 6.37. The molecule has 30 heavy (non-hydrogen) atoms. The highest BCUT2D eigenvalue weighted by atomic mass is 35.5. The minimum atomic E-state index is -3.95. The largest absolute Gasteiger partial charge is 0.271 e. The van der Waals surface area contributed by atoms with Gasteiger partial charge in [-0.15, -0.1) is 0 Å².